The molecule has 1 atom stereocenters. The fourth-order valence-corrected chi connectivity index (χ4v) is 3.94. The summed E-state index contributed by atoms with van der Waals surface area (Å²) in [6.45, 7) is 6.45. The van der Waals surface area contributed by atoms with Crippen molar-refractivity contribution in [1.82, 2.24) is 9.88 Å². The van der Waals surface area contributed by atoms with Gasteiger partial charge in [0, 0.05) is 43.9 Å². The highest BCUT2D eigenvalue weighted by atomic mass is 32.1. The van der Waals surface area contributed by atoms with Crippen LogP contribution in [-0.2, 0) is 16.0 Å². The molecule has 21 heavy (non-hydrogen) atoms. The first kappa shape index (κ1) is 15.2. The fraction of sp³-hybridized carbons (Fsp3) is 0.800. The Labute approximate surface area is 130 Å². The van der Waals surface area contributed by atoms with Crippen molar-refractivity contribution in [3.63, 3.8) is 0 Å². The first-order valence-corrected chi connectivity index (χ1v) is 8.70. The quantitative estimate of drug-likeness (QED) is 0.831. The van der Waals surface area contributed by atoms with Crippen LogP contribution in [0.2, 0.25) is 0 Å². The number of thiazole rings is 1. The van der Waals surface area contributed by atoms with Gasteiger partial charge in [-0.2, -0.15) is 0 Å². The maximum absolute atomic E-state index is 5.81. The predicted octanol–water partition coefficient (Wildman–Crippen LogP) is 1.98. The van der Waals surface area contributed by atoms with Gasteiger partial charge < -0.3 is 14.4 Å². The third-order valence-electron chi connectivity index (χ3n) is 4.04. The van der Waals surface area contributed by atoms with Crippen molar-refractivity contribution < 1.29 is 9.47 Å². The Morgan fingerprint density at radius 1 is 1.33 bits per heavy atom. The van der Waals surface area contributed by atoms with Gasteiger partial charge in [0.1, 0.15) is 0 Å². The first-order chi connectivity index (χ1) is 10.3. The molecule has 1 aromatic rings. The van der Waals surface area contributed by atoms with E-state index in [1.54, 1.807) is 11.3 Å². The summed E-state index contributed by atoms with van der Waals surface area (Å²) in [5.74, 6) is 0. The highest BCUT2D eigenvalue weighted by molar-refractivity contribution is 7.15. The van der Waals surface area contributed by atoms with Crippen LogP contribution in [0.4, 0.5) is 5.13 Å². The number of aromatic nitrogens is 1. The molecule has 118 valence electrons. The fourth-order valence-electron chi connectivity index (χ4n) is 2.90. The standard InChI is InChI=1S/C15H25N3O2S/c1-17(11-13-4-2-3-7-20-13)12-14-10-16-15(21-14)18-5-8-19-9-6-18/h10,13H,2-9,11-12H2,1H3. The van der Waals surface area contributed by atoms with Crippen LogP contribution in [0.15, 0.2) is 6.20 Å². The van der Waals surface area contributed by atoms with Crippen LogP contribution in [0.3, 0.4) is 0 Å². The third-order valence-corrected chi connectivity index (χ3v) is 5.08. The summed E-state index contributed by atoms with van der Waals surface area (Å²) in [7, 11) is 2.17. The number of morpholine rings is 1. The van der Waals surface area contributed by atoms with E-state index in [9.17, 15) is 0 Å². The molecule has 5 nitrogen and oxygen atoms in total. The lowest BCUT2D eigenvalue weighted by molar-refractivity contribution is -0.00246. The molecule has 0 spiro atoms. The highest BCUT2D eigenvalue weighted by Crippen LogP contribution is 2.24. The summed E-state index contributed by atoms with van der Waals surface area (Å²) in [4.78, 5) is 10.6. The molecule has 3 rings (SSSR count). The molecule has 0 aromatic carbocycles. The molecular weight excluding hydrogens is 286 g/mol. The molecule has 0 bridgehead atoms. The lowest BCUT2D eigenvalue weighted by Crippen LogP contribution is -2.36. The average Bonchev–Trinajstić information content (AvgIpc) is 2.97. The van der Waals surface area contributed by atoms with Gasteiger partial charge in [0.05, 0.1) is 19.3 Å². The topological polar surface area (TPSA) is 37.8 Å². The Balaban J connectivity index is 1.49. The summed E-state index contributed by atoms with van der Waals surface area (Å²) in [6, 6.07) is 0. The maximum Gasteiger partial charge on any atom is 0.185 e. The molecule has 2 fully saturated rings. The first-order valence-electron chi connectivity index (χ1n) is 7.89. The van der Waals surface area contributed by atoms with E-state index < -0.39 is 0 Å². The van der Waals surface area contributed by atoms with E-state index >= 15 is 0 Å². The van der Waals surface area contributed by atoms with Crippen molar-refractivity contribution in [2.24, 2.45) is 0 Å². The maximum atomic E-state index is 5.81. The number of hydrogen-bond donors (Lipinski definition) is 0. The molecule has 0 radical (unpaired) electrons. The zero-order valence-electron chi connectivity index (χ0n) is 12.8. The van der Waals surface area contributed by atoms with E-state index in [4.69, 9.17) is 9.47 Å². The van der Waals surface area contributed by atoms with Crippen LogP contribution >= 0.6 is 11.3 Å². The van der Waals surface area contributed by atoms with Gasteiger partial charge in [-0.05, 0) is 26.3 Å². The van der Waals surface area contributed by atoms with E-state index in [1.165, 1.54) is 24.1 Å². The minimum Gasteiger partial charge on any atom is -0.378 e. The smallest absolute Gasteiger partial charge is 0.185 e. The molecular formula is C15H25N3O2S. The molecule has 6 heteroatoms. The van der Waals surface area contributed by atoms with Crippen LogP contribution in [0.5, 0.6) is 0 Å². The monoisotopic (exact) mass is 311 g/mol. The molecule has 1 unspecified atom stereocenters. The van der Waals surface area contributed by atoms with Crippen molar-refractivity contribution in [3.8, 4) is 0 Å². The molecule has 3 heterocycles. The summed E-state index contributed by atoms with van der Waals surface area (Å²) < 4.78 is 11.2. The summed E-state index contributed by atoms with van der Waals surface area (Å²) in [6.07, 6.45) is 6.16. The average molecular weight is 311 g/mol. The van der Waals surface area contributed by atoms with E-state index in [-0.39, 0.29) is 0 Å². The van der Waals surface area contributed by atoms with E-state index in [0.717, 1.165) is 51.1 Å². The Bertz CT molecular complexity index is 428. The van der Waals surface area contributed by atoms with Crippen LogP contribution in [-0.4, -0.2) is 62.5 Å². The number of nitrogens with zero attached hydrogens (tertiary/aromatic N) is 3. The molecule has 0 N–H and O–H groups in total. The Hall–Kier alpha value is -0.690. The van der Waals surface area contributed by atoms with Crippen LogP contribution in [0, 0.1) is 0 Å². The van der Waals surface area contributed by atoms with Gasteiger partial charge in [-0.25, -0.2) is 4.98 Å². The van der Waals surface area contributed by atoms with E-state index in [1.807, 2.05) is 6.20 Å². The van der Waals surface area contributed by atoms with Crippen LogP contribution in [0.1, 0.15) is 24.1 Å². The number of hydrogen-bond acceptors (Lipinski definition) is 6. The summed E-state index contributed by atoms with van der Waals surface area (Å²) in [5, 5.41) is 1.13. The predicted molar refractivity (Wildman–Crippen MR) is 85.1 cm³/mol. The van der Waals surface area contributed by atoms with Crippen LogP contribution in [0.25, 0.3) is 0 Å². The second-order valence-electron chi connectivity index (χ2n) is 5.89. The summed E-state index contributed by atoms with van der Waals surface area (Å²) >= 11 is 1.81. The molecule has 2 aliphatic heterocycles. The lowest BCUT2D eigenvalue weighted by Gasteiger charge is -2.27. The highest BCUT2D eigenvalue weighted by Gasteiger charge is 2.18. The van der Waals surface area contributed by atoms with Crippen LogP contribution < -0.4 is 4.90 Å². The minimum atomic E-state index is 0.412. The van der Waals surface area contributed by atoms with Gasteiger partial charge in [0.2, 0.25) is 0 Å². The van der Waals surface area contributed by atoms with Crippen molar-refractivity contribution >= 4 is 16.5 Å². The molecule has 0 saturated carbocycles. The summed E-state index contributed by atoms with van der Waals surface area (Å²) in [5.41, 5.74) is 0. The van der Waals surface area contributed by atoms with Gasteiger partial charge in [-0.1, -0.05) is 0 Å². The van der Waals surface area contributed by atoms with Crippen molar-refractivity contribution in [2.75, 3.05) is 51.4 Å². The third kappa shape index (κ3) is 4.39. The zero-order valence-corrected chi connectivity index (χ0v) is 13.6. The Morgan fingerprint density at radius 2 is 2.19 bits per heavy atom. The SMILES string of the molecule is CN(Cc1cnc(N2CCOCC2)s1)CC1CCCCO1. The van der Waals surface area contributed by atoms with Crippen molar-refractivity contribution in [3.05, 3.63) is 11.1 Å². The largest absolute Gasteiger partial charge is 0.378 e. The van der Waals surface area contributed by atoms with Gasteiger partial charge in [-0.15, -0.1) is 11.3 Å². The number of rotatable bonds is 5. The van der Waals surface area contributed by atoms with Gasteiger partial charge in [0.25, 0.3) is 0 Å². The van der Waals surface area contributed by atoms with E-state index in [2.05, 4.69) is 21.8 Å². The normalized spacial score (nSPS) is 23.7. The zero-order chi connectivity index (χ0) is 14.5. The Morgan fingerprint density at radius 3 is 2.95 bits per heavy atom. The molecule has 2 saturated heterocycles. The van der Waals surface area contributed by atoms with E-state index in [0.29, 0.717) is 6.10 Å². The Kier molecular flexibility index (Phi) is 5.46. The molecule has 0 aliphatic carbocycles. The number of anilines is 1. The minimum absolute atomic E-state index is 0.412. The molecule has 0 amide bonds. The van der Waals surface area contributed by atoms with Crippen molar-refractivity contribution in [2.45, 2.75) is 31.9 Å². The van der Waals surface area contributed by atoms with Crippen molar-refractivity contribution in [1.29, 1.82) is 0 Å². The van der Waals surface area contributed by atoms with Gasteiger partial charge >= 0.3 is 0 Å². The lowest BCUT2D eigenvalue weighted by atomic mass is 10.1. The molecule has 2 aliphatic rings. The second-order valence-corrected chi connectivity index (χ2v) is 6.99. The second kappa shape index (κ2) is 7.54. The number of likely N-dealkylation sites (N-methyl/N-ethyl adjacent to an activating group) is 1. The van der Waals surface area contributed by atoms with Gasteiger partial charge in [-0.3, -0.25) is 4.90 Å². The number of ether oxygens (including phenoxy) is 2. The molecule has 1 aromatic heterocycles. The van der Waals surface area contributed by atoms with Gasteiger partial charge in [0.15, 0.2) is 5.13 Å².